The van der Waals surface area contributed by atoms with Gasteiger partial charge in [-0.1, -0.05) is 0 Å². The summed E-state index contributed by atoms with van der Waals surface area (Å²) in [7, 11) is 1.61. The highest BCUT2D eigenvalue weighted by molar-refractivity contribution is 7.15. The molecule has 2 heterocycles. The smallest absolute Gasteiger partial charge is 0.167 e. The Hall–Kier alpha value is -1.20. The predicted octanol–water partition coefficient (Wildman–Crippen LogP) is 1.35. The lowest BCUT2D eigenvalue weighted by Crippen LogP contribution is -1.98. The lowest BCUT2D eigenvalue weighted by Gasteiger charge is -1.96. The van der Waals surface area contributed by atoms with Crippen molar-refractivity contribution in [2.24, 2.45) is 0 Å². The Morgan fingerprint density at radius 3 is 3.31 bits per heavy atom. The van der Waals surface area contributed by atoms with Gasteiger partial charge in [0, 0.05) is 12.5 Å². The fourth-order valence-electron chi connectivity index (χ4n) is 1.22. The topological polar surface area (TPSA) is 43.6 Å². The summed E-state index contributed by atoms with van der Waals surface area (Å²) in [6, 6.07) is 0. The molecule has 0 bridgehead atoms. The standard InChI is InChI=1S/C8H8N2O2S/c1-12-4-7-9-2-8-10(7)6(3-11)5-13-8/h2-3,5H,4H2,1H3. The van der Waals surface area contributed by atoms with E-state index in [1.807, 2.05) is 5.38 Å². The van der Waals surface area contributed by atoms with E-state index in [0.717, 1.165) is 16.9 Å². The molecule has 4 nitrogen and oxygen atoms in total. The van der Waals surface area contributed by atoms with Gasteiger partial charge in [-0.3, -0.25) is 9.20 Å². The molecule has 0 radical (unpaired) electrons. The molecule has 2 aromatic rings. The Bertz CT molecular complexity index is 432. The van der Waals surface area contributed by atoms with Crippen LogP contribution in [0.3, 0.4) is 0 Å². The minimum Gasteiger partial charge on any atom is -0.377 e. The van der Waals surface area contributed by atoms with Gasteiger partial charge in [0.05, 0.1) is 11.9 Å². The van der Waals surface area contributed by atoms with Gasteiger partial charge in [-0.15, -0.1) is 11.3 Å². The number of nitrogens with zero attached hydrogens (tertiary/aromatic N) is 2. The van der Waals surface area contributed by atoms with Crippen LogP contribution >= 0.6 is 11.3 Å². The maximum Gasteiger partial charge on any atom is 0.167 e. The molecular weight excluding hydrogens is 188 g/mol. The zero-order valence-corrected chi connectivity index (χ0v) is 7.87. The fraction of sp³-hybridized carbons (Fsp3) is 0.250. The van der Waals surface area contributed by atoms with E-state index < -0.39 is 0 Å². The van der Waals surface area contributed by atoms with Crippen molar-refractivity contribution in [2.45, 2.75) is 6.61 Å². The first kappa shape index (κ1) is 8.40. The van der Waals surface area contributed by atoms with E-state index in [-0.39, 0.29) is 0 Å². The molecule has 0 saturated heterocycles. The molecular formula is C8H8N2O2S. The van der Waals surface area contributed by atoms with Gasteiger partial charge in [0.1, 0.15) is 17.3 Å². The number of fused-ring (bicyclic) bond motifs is 1. The number of thiazole rings is 1. The van der Waals surface area contributed by atoms with Crippen molar-refractivity contribution in [3.63, 3.8) is 0 Å². The van der Waals surface area contributed by atoms with E-state index in [1.54, 1.807) is 17.7 Å². The highest BCUT2D eigenvalue weighted by Crippen LogP contribution is 2.17. The van der Waals surface area contributed by atoms with Crippen molar-refractivity contribution in [3.8, 4) is 0 Å². The molecule has 0 aliphatic carbocycles. The second kappa shape index (κ2) is 3.27. The van der Waals surface area contributed by atoms with Gasteiger partial charge in [0.25, 0.3) is 0 Å². The molecule has 0 aliphatic heterocycles. The van der Waals surface area contributed by atoms with Crippen LogP contribution in [0.1, 0.15) is 16.3 Å². The quantitative estimate of drug-likeness (QED) is 0.696. The maximum absolute atomic E-state index is 10.7. The summed E-state index contributed by atoms with van der Waals surface area (Å²) in [6.45, 7) is 0.422. The van der Waals surface area contributed by atoms with Crippen LogP contribution in [-0.4, -0.2) is 22.8 Å². The Balaban J connectivity index is 2.61. The zero-order chi connectivity index (χ0) is 9.26. The summed E-state index contributed by atoms with van der Waals surface area (Å²) in [5.41, 5.74) is 0.629. The summed E-state index contributed by atoms with van der Waals surface area (Å²) in [6.07, 6.45) is 2.57. The SMILES string of the molecule is COCc1ncc2scc(C=O)n12. The molecule has 0 fully saturated rings. The first-order valence-corrected chi connectivity index (χ1v) is 4.62. The number of methoxy groups -OCH3 is 1. The number of hydrogen-bond acceptors (Lipinski definition) is 4. The number of ether oxygens (including phenoxy) is 1. The summed E-state index contributed by atoms with van der Waals surface area (Å²) < 4.78 is 6.78. The maximum atomic E-state index is 10.7. The average Bonchev–Trinajstić information content (AvgIpc) is 2.68. The third-order valence-corrected chi connectivity index (χ3v) is 2.64. The van der Waals surface area contributed by atoms with E-state index in [9.17, 15) is 4.79 Å². The Morgan fingerprint density at radius 1 is 1.77 bits per heavy atom. The lowest BCUT2D eigenvalue weighted by molar-refractivity contribution is 0.111. The van der Waals surface area contributed by atoms with Gasteiger partial charge in [-0.25, -0.2) is 4.98 Å². The van der Waals surface area contributed by atoms with Gasteiger partial charge in [-0.2, -0.15) is 0 Å². The lowest BCUT2D eigenvalue weighted by atomic mass is 10.5. The van der Waals surface area contributed by atoms with Crippen LogP contribution in [0.4, 0.5) is 0 Å². The first-order chi connectivity index (χ1) is 6.36. The number of imidazole rings is 1. The second-order valence-electron chi connectivity index (χ2n) is 2.56. The van der Waals surface area contributed by atoms with E-state index in [4.69, 9.17) is 4.74 Å². The van der Waals surface area contributed by atoms with E-state index in [2.05, 4.69) is 4.98 Å². The van der Waals surface area contributed by atoms with Gasteiger partial charge in [-0.05, 0) is 0 Å². The number of aromatic nitrogens is 2. The molecule has 0 saturated carbocycles. The van der Waals surface area contributed by atoms with Crippen LogP contribution in [0.2, 0.25) is 0 Å². The third-order valence-electron chi connectivity index (χ3n) is 1.76. The number of rotatable bonds is 3. The molecule has 68 valence electrons. The predicted molar refractivity (Wildman–Crippen MR) is 49.2 cm³/mol. The molecule has 0 N–H and O–H groups in total. The molecule has 0 unspecified atom stereocenters. The van der Waals surface area contributed by atoms with Crippen LogP contribution in [0, 0.1) is 0 Å². The molecule has 0 amide bonds. The highest BCUT2D eigenvalue weighted by Gasteiger charge is 2.08. The highest BCUT2D eigenvalue weighted by atomic mass is 32.1. The van der Waals surface area contributed by atoms with Crippen molar-refractivity contribution in [1.82, 2.24) is 9.38 Å². The van der Waals surface area contributed by atoms with E-state index in [1.165, 1.54) is 11.3 Å². The van der Waals surface area contributed by atoms with E-state index >= 15 is 0 Å². The summed E-state index contributed by atoms with van der Waals surface area (Å²) >= 11 is 1.50. The number of carbonyl (C=O) groups is 1. The monoisotopic (exact) mass is 196 g/mol. The first-order valence-electron chi connectivity index (χ1n) is 3.74. The fourth-order valence-corrected chi connectivity index (χ4v) is 2.05. The van der Waals surface area contributed by atoms with Gasteiger partial charge in [0.2, 0.25) is 0 Å². The molecule has 0 aromatic carbocycles. The largest absolute Gasteiger partial charge is 0.377 e. The Labute approximate surface area is 78.8 Å². The molecule has 0 spiro atoms. The summed E-state index contributed by atoms with van der Waals surface area (Å²) in [5, 5.41) is 1.81. The van der Waals surface area contributed by atoms with Crippen molar-refractivity contribution in [3.05, 3.63) is 23.1 Å². The summed E-state index contributed by atoms with van der Waals surface area (Å²) in [4.78, 5) is 15.8. The zero-order valence-electron chi connectivity index (χ0n) is 7.06. The molecule has 2 aromatic heterocycles. The molecule has 13 heavy (non-hydrogen) atoms. The van der Waals surface area contributed by atoms with Crippen molar-refractivity contribution in [2.75, 3.05) is 7.11 Å². The normalized spacial score (nSPS) is 10.8. The number of carbonyl (C=O) groups excluding carboxylic acids is 1. The van der Waals surface area contributed by atoms with Crippen LogP contribution in [0.15, 0.2) is 11.6 Å². The number of hydrogen-bond donors (Lipinski definition) is 0. The van der Waals surface area contributed by atoms with Crippen molar-refractivity contribution >= 4 is 22.5 Å². The molecule has 2 rings (SSSR count). The van der Waals surface area contributed by atoms with Crippen LogP contribution in [0.25, 0.3) is 4.83 Å². The molecule has 0 atom stereocenters. The Morgan fingerprint density at radius 2 is 2.62 bits per heavy atom. The van der Waals surface area contributed by atoms with Crippen LogP contribution in [0.5, 0.6) is 0 Å². The van der Waals surface area contributed by atoms with Gasteiger partial charge >= 0.3 is 0 Å². The van der Waals surface area contributed by atoms with Gasteiger partial charge in [0.15, 0.2) is 6.29 Å². The van der Waals surface area contributed by atoms with Crippen LogP contribution < -0.4 is 0 Å². The Kier molecular flexibility index (Phi) is 2.12. The molecule has 0 aliphatic rings. The minimum atomic E-state index is 0.422. The van der Waals surface area contributed by atoms with E-state index in [0.29, 0.717) is 12.3 Å². The summed E-state index contributed by atoms with van der Waals surface area (Å²) in [5.74, 6) is 0.765. The third kappa shape index (κ3) is 1.26. The average molecular weight is 196 g/mol. The van der Waals surface area contributed by atoms with Crippen LogP contribution in [-0.2, 0) is 11.3 Å². The van der Waals surface area contributed by atoms with Crippen molar-refractivity contribution in [1.29, 1.82) is 0 Å². The number of aldehydes is 1. The second-order valence-corrected chi connectivity index (χ2v) is 3.45. The van der Waals surface area contributed by atoms with Gasteiger partial charge < -0.3 is 4.74 Å². The minimum absolute atomic E-state index is 0.422. The van der Waals surface area contributed by atoms with Crippen molar-refractivity contribution < 1.29 is 9.53 Å². The molecule has 5 heteroatoms.